The van der Waals surface area contributed by atoms with Crippen molar-refractivity contribution in [2.24, 2.45) is 5.92 Å². The van der Waals surface area contributed by atoms with Gasteiger partial charge in [0.2, 0.25) is 0 Å². The van der Waals surface area contributed by atoms with Gasteiger partial charge in [-0.2, -0.15) is 0 Å². The summed E-state index contributed by atoms with van der Waals surface area (Å²) >= 11 is 0. The van der Waals surface area contributed by atoms with Crippen LogP contribution in [-0.2, 0) is 11.3 Å². The van der Waals surface area contributed by atoms with Crippen molar-refractivity contribution in [3.8, 4) is 11.5 Å². The molecule has 0 bridgehead atoms. The third-order valence-corrected chi connectivity index (χ3v) is 2.73. The summed E-state index contributed by atoms with van der Waals surface area (Å²) < 4.78 is 5.06. The van der Waals surface area contributed by atoms with Gasteiger partial charge >= 0.3 is 5.97 Å². The molecule has 0 spiro atoms. The molecule has 5 heteroatoms. The van der Waals surface area contributed by atoms with Crippen LogP contribution in [0.5, 0.6) is 11.5 Å². The number of carbonyl (C=O) groups is 1. The summed E-state index contributed by atoms with van der Waals surface area (Å²) in [6.45, 7) is 3.94. The molecule has 0 radical (unpaired) electrons. The van der Waals surface area contributed by atoms with Crippen LogP contribution < -0.4 is 10.1 Å². The van der Waals surface area contributed by atoms with E-state index in [2.05, 4.69) is 5.32 Å². The van der Waals surface area contributed by atoms with Crippen molar-refractivity contribution in [2.45, 2.75) is 26.4 Å². The van der Waals surface area contributed by atoms with Crippen molar-refractivity contribution in [3.05, 3.63) is 23.8 Å². The van der Waals surface area contributed by atoms with E-state index in [0.29, 0.717) is 11.3 Å². The molecule has 1 unspecified atom stereocenters. The molecular weight excluding hydrogens is 234 g/mol. The first kappa shape index (κ1) is 14.3. The number of phenols is 1. The molecule has 3 N–H and O–H groups in total. The zero-order chi connectivity index (χ0) is 13.7. The van der Waals surface area contributed by atoms with Crippen LogP contribution in [0.3, 0.4) is 0 Å². The summed E-state index contributed by atoms with van der Waals surface area (Å²) in [5.41, 5.74) is 0.612. The third-order valence-electron chi connectivity index (χ3n) is 2.73. The number of hydrogen-bond donors (Lipinski definition) is 3. The van der Waals surface area contributed by atoms with Crippen LogP contribution in [0.2, 0.25) is 0 Å². The van der Waals surface area contributed by atoms with Crippen molar-refractivity contribution in [1.82, 2.24) is 5.32 Å². The van der Waals surface area contributed by atoms with Gasteiger partial charge in [-0.1, -0.05) is 13.8 Å². The van der Waals surface area contributed by atoms with Gasteiger partial charge in [-0.3, -0.25) is 10.1 Å². The lowest BCUT2D eigenvalue weighted by Crippen LogP contribution is -2.40. The fourth-order valence-corrected chi connectivity index (χ4v) is 1.66. The first-order valence-corrected chi connectivity index (χ1v) is 5.77. The fraction of sp³-hybridized carbons (Fsp3) is 0.462. The van der Waals surface area contributed by atoms with Crippen molar-refractivity contribution in [1.29, 1.82) is 0 Å². The van der Waals surface area contributed by atoms with Gasteiger partial charge in [-0.15, -0.1) is 0 Å². The topological polar surface area (TPSA) is 78.8 Å². The molecule has 0 aliphatic rings. The van der Waals surface area contributed by atoms with Gasteiger partial charge in [0.25, 0.3) is 0 Å². The van der Waals surface area contributed by atoms with E-state index in [0.717, 1.165) is 0 Å². The standard InChI is InChI=1S/C13H19NO4/c1-8(2)12(13(16)17)14-7-9-6-10(18-3)4-5-11(9)15/h4-6,8,12,14-15H,7H2,1-3H3,(H,16,17). The Labute approximate surface area is 106 Å². The molecule has 100 valence electrons. The summed E-state index contributed by atoms with van der Waals surface area (Å²) in [4.78, 5) is 11.0. The normalized spacial score (nSPS) is 12.4. The molecule has 1 aromatic carbocycles. The van der Waals surface area contributed by atoms with Gasteiger partial charge in [0.05, 0.1) is 7.11 Å². The molecule has 0 aromatic heterocycles. The van der Waals surface area contributed by atoms with Crippen LogP contribution in [0.4, 0.5) is 0 Å². The average Bonchev–Trinajstić information content (AvgIpc) is 2.30. The van der Waals surface area contributed by atoms with Crippen LogP contribution in [0.15, 0.2) is 18.2 Å². The number of aromatic hydroxyl groups is 1. The van der Waals surface area contributed by atoms with E-state index in [1.165, 1.54) is 13.2 Å². The van der Waals surface area contributed by atoms with Gasteiger partial charge in [0.15, 0.2) is 0 Å². The summed E-state index contributed by atoms with van der Waals surface area (Å²) in [6, 6.07) is 4.22. The summed E-state index contributed by atoms with van der Waals surface area (Å²) in [6.07, 6.45) is 0. The maximum atomic E-state index is 11.0. The van der Waals surface area contributed by atoms with Crippen LogP contribution in [0.25, 0.3) is 0 Å². The van der Waals surface area contributed by atoms with Crippen LogP contribution in [0.1, 0.15) is 19.4 Å². The predicted octanol–water partition coefficient (Wildman–Crippen LogP) is 1.60. The maximum Gasteiger partial charge on any atom is 0.320 e. The Bertz CT molecular complexity index is 417. The number of rotatable bonds is 6. The molecule has 0 aliphatic carbocycles. The second-order valence-electron chi connectivity index (χ2n) is 4.44. The quantitative estimate of drug-likeness (QED) is 0.717. The lowest BCUT2D eigenvalue weighted by molar-refractivity contribution is -0.140. The number of carboxylic acid groups (broad SMARTS) is 1. The van der Waals surface area contributed by atoms with Crippen molar-refractivity contribution in [3.63, 3.8) is 0 Å². The largest absolute Gasteiger partial charge is 0.508 e. The minimum Gasteiger partial charge on any atom is -0.508 e. The summed E-state index contributed by atoms with van der Waals surface area (Å²) in [5, 5.41) is 21.6. The van der Waals surface area contributed by atoms with Crippen LogP contribution in [0, 0.1) is 5.92 Å². The van der Waals surface area contributed by atoms with E-state index < -0.39 is 12.0 Å². The first-order valence-electron chi connectivity index (χ1n) is 5.77. The number of nitrogens with one attached hydrogen (secondary N) is 1. The Hall–Kier alpha value is -1.75. The molecule has 0 saturated carbocycles. The second-order valence-corrected chi connectivity index (χ2v) is 4.44. The van der Waals surface area contributed by atoms with Crippen molar-refractivity contribution in [2.75, 3.05) is 7.11 Å². The van der Waals surface area contributed by atoms with Crippen LogP contribution >= 0.6 is 0 Å². The average molecular weight is 253 g/mol. The highest BCUT2D eigenvalue weighted by atomic mass is 16.5. The molecule has 5 nitrogen and oxygen atoms in total. The minimum atomic E-state index is -0.896. The molecule has 0 amide bonds. The number of ether oxygens (including phenoxy) is 1. The van der Waals surface area contributed by atoms with Crippen molar-refractivity contribution >= 4 is 5.97 Å². The zero-order valence-corrected chi connectivity index (χ0v) is 10.8. The highest BCUT2D eigenvalue weighted by Crippen LogP contribution is 2.22. The lowest BCUT2D eigenvalue weighted by atomic mass is 10.0. The monoisotopic (exact) mass is 253 g/mol. The van der Waals surface area contributed by atoms with Gasteiger partial charge in [-0.05, 0) is 24.1 Å². The number of carboxylic acids is 1. The molecule has 0 aliphatic heterocycles. The second kappa shape index (κ2) is 6.26. The molecule has 1 rings (SSSR count). The van der Waals surface area contributed by atoms with E-state index in [1.54, 1.807) is 12.1 Å². The summed E-state index contributed by atoms with van der Waals surface area (Å²) in [5.74, 6) is -0.181. The van der Waals surface area contributed by atoms with E-state index in [9.17, 15) is 9.90 Å². The highest BCUT2D eigenvalue weighted by Gasteiger charge is 2.20. The molecule has 1 atom stereocenters. The minimum absolute atomic E-state index is 0.0322. The first-order chi connectivity index (χ1) is 8.45. The van der Waals surface area contributed by atoms with E-state index in [1.807, 2.05) is 13.8 Å². The molecular formula is C13H19NO4. The Kier molecular flexibility index (Phi) is 4.97. The van der Waals surface area contributed by atoms with Crippen LogP contribution in [-0.4, -0.2) is 29.3 Å². The van der Waals surface area contributed by atoms with E-state index in [4.69, 9.17) is 9.84 Å². The third kappa shape index (κ3) is 3.63. The zero-order valence-electron chi connectivity index (χ0n) is 10.8. The number of hydrogen-bond acceptors (Lipinski definition) is 4. The Balaban J connectivity index is 2.75. The number of methoxy groups -OCH3 is 1. The molecule has 18 heavy (non-hydrogen) atoms. The lowest BCUT2D eigenvalue weighted by Gasteiger charge is -2.18. The van der Waals surface area contributed by atoms with E-state index >= 15 is 0 Å². The number of phenolic OH excluding ortho intramolecular Hbond substituents is 1. The Morgan fingerprint density at radius 3 is 2.61 bits per heavy atom. The smallest absolute Gasteiger partial charge is 0.320 e. The molecule has 0 saturated heterocycles. The van der Waals surface area contributed by atoms with Gasteiger partial charge in [0, 0.05) is 12.1 Å². The Morgan fingerprint density at radius 2 is 2.11 bits per heavy atom. The molecule has 0 fully saturated rings. The summed E-state index contributed by atoms with van der Waals surface area (Å²) in [7, 11) is 1.54. The van der Waals surface area contributed by atoms with Crippen molar-refractivity contribution < 1.29 is 19.7 Å². The number of aliphatic carboxylic acids is 1. The van der Waals surface area contributed by atoms with E-state index in [-0.39, 0.29) is 18.2 Å². The van der Waals surface area contributed by atoms with Gasteiger partial charge in [0.1, 0.15) is 17.5 Å². The molecule has 0 heterocycles. The SMILES string of the molecule is COc1ccc(O)c(CNC(C(=O)O)C(C)C)c1. The maximum absolute atomic E-state index is 11.0. The predicted molar refractivity (Wildman–Crippen MR) is 67.8 cm³/mol. The fourth-order valence-electron chi connectivity index (χ4n) is 1.66. The number of benzene rings is 1. The van der Waals surface area contributed by atoms with Gasteiger partial charge < -0.3 is 14.9 Å². The highest BCUT2D eigenvalue weighted by molar-refractivity contribution is 5.73. The Morgan fingerprint density at radius 1 is 1.44 bits per heavy atom. The molecule has 1 aromatic rings. The van der Waals surface area contributed by atoms with Gasteiger partial charge in [-0.25, -0.2) is 0 Å².